The van der Waals surface area contributed by atoms with Gasteiger partial charge in [0.1, 0.15) is 5.82 Å². The minimum Gasteiger partial charge on any atom is -0.493 e. The summed E-state index contributed by atoms with van der Waals surface area (Å²) in [6.07, 6.45) is 0.598. The lowest BCUT2D eigenvalue weighted by Crippen LogP contribution is -2.11. The maximum atomic E-state index is 13.9. The van der Waals surface area contributed by atoms with E-state index in [2.05, 4.69) is 21.2 Å². The molecule has 16 heavy (non-hydrogen) atoms. The fraction of sp³-hybridized carbons (Fsp3) is 0.455. The highest BCUT2D eigenvalue weighted by Gasteiger charge is 2.17. The molecule has 0 aliphatic heterocycles. The van der Waals surface area contributed by atoms with Gasteiger partial charge in [0.2, 0.25) is 0 Å². The Bertz CT molecular complexity index is 371. The van der Waals surface area contributed by atoms with Crippen LogP contribution >= 0.6 is 15.9 Å². The molecule has 1 rings (SSSR count). The summed E-state index contributed by atoms with van der Waals surface area (Å²) >= 11 is 3.17. The van der Waals surface area contributed by atoms with Gasteiger partial charge >= 0.3 is 0 Å². The van der Waals surface area contributed by atoms with Gasteiger partial charge in [0.25, 0.3) is 0 Å². The van der Waals surface area contributed by atoms with Crippen LogP contribution in [0.5, 0.6) is 11.5 Å². The molecule has 0 fully saturated rings. The predicted octanol–water partition coefficient (Wildman–Crippen LogP) is 2.37. The summed E-state index contributed by atoms with van der Waals surface area (Å²) in [5.41, 5.74) is 0.596. The number of rotatable bonds is 5. The number of hydrogen-bond donors (Lipinski definition) is 1. The minimum atomic E-state index is -0.298. The summed E-state index contributed by atoms with van der Waals surface area (Å²) in [5, 5.41) is 2.97. The average Bonchev–Trinajstić information content (AvgIpc) is 2.30. The Labute approximate surface area is 103 Å². The monoisotopic (exact) mass is 291 g/mol. The Hall–Kier alpha value is -0.810. The number of benzene rings is 1. The van der Waals surface area contributed by atoms with Gasteiger partial charge in [-0.2, -0.15) is 0 Å². The van der Waals surface area contributed by atoms with E-state index in [1.807, 2.05) is 7.05 Å². The smallest absolute Gasteiger partial charge is 0.177 e. The molecule has 1 N–H and O–H groups in total. The first kappa shape index (κ1) is 13.3. The zero-order chi connectivity index (χ0) is 12.1. The number of halogens is 2. The lowest BCUT2D eigenvalue weighted by molar-refractivity contribution is 0.349. The Morgan fingerprint density at radius 3 is 2.56 bits per heavy atom. The Morgan fingerprint density at radius 2 is 2.06 bits per heavy atom. The summed E-state index contributed by atoms with van der Waals surface area (Å²) in [7, 11) is 4.84. The largest absolute Gasteiger partial charge is 0.493 e. The third-order valence-corrected chi connectivity index (χ3v) is 2.98. The number of ether oxygens (including phenoxy) is 2. The summed E-state index contributed by atoms with van der Waals surface area (Å²) in [6.45, 7) is 0.707. The zero-order valence-electron chi connectivity index (χ0n) is 9.56. The molecule has 0 aromatic heterocycles. The highest BCUT2D eigenvalue weighted by molar-refractivity contribution is 9.10. The molecule has 0 bridgehead atoms. The molecule has 1 aromatic rings. The minimum absolute atomic E-state index is 0.298. The van der Waals surface area contributed by atoms with E-state index in [1.54, 1.807) is 6.07 Å². The zero-order valence-corrected chi connectivity index (χ0v) is 11.1. The fourth-order valence-electron chi connectivity index (χ4n) is 1.42. The maximum Gasteiger partial charge on any atom is 0.177 e. The molecule has 5 heteroatoms. The molecule has 0 heterocycles. The van der Waals surface area contributed by atoms with Crippen molar-refractivity contribution in [2.24, 2.45) is 0 Å². The molecule has 0 atom stereocenters. The van der Waals surface area contributed by atoms with Crippen molar-refractivity contribution in [1.82, 2.24) is 5.32 Å². The summed E-state index contributed by atoms with van der Waals surface area (Å²) in [5.74, 6) is 0.614. The first-order valence-corrected chi connectivity index (χ1v) is 5.68. The Morgan fingerprint density at radius 1 is 1.38 bits per heavy atom. The summed E-state index contributed by atoms with van der Waals surface area (Å²) in [6, 6.07) is 1.66. The van der Waals surface area contributed by atoms with Crippen LogP contribution in [-0.2, 0) is 6.42 Å². The second kappa shape index (κ2) is 6.06. The van der Waals surface area contributed by atoms with E-state index in [4.69, 9.17) is 9.47 Å². The van der Waals surface area contributed by atoms with Gasteiger partial charge in [0.05, 0.1) is 18.7 Å². The van der Waals surface area contributed by atoms with Gasteiger partial charge in [0, 0.05) is 0 Å². The quantitative estimate of drug-likeness (QED) is 0.903. The second-order valence-corrected chi connectivity index (χ2v) is 4.05. The van der Waals surface area contributed by atoms with Crippen molar-refractivity contribution in [2.75, 3.05) is 27.8 Å². The molecule has 1 aromatic carbocycles. The van der Waals surface area contributed by atoms with Crippen LogP contribution in [0.3, 0.4) is 0 Å². The van der Waals surface area contributed by atoms with E-state index in [1.165, 1.54) is 14.2 Å². The highest BCUT2D eigenvalue weighted by Crippen LogP contribution is 2.38. The molecular formula is C11H15BrFNO2. The van der Waals surface area contributed by atoms with E-state index < -0.39 is 0 Å². The van der Waals surface area contributed by atoms with Crippen molar-refractivity contribution in [3.05, 3.63) is 21.9 Å². The number of methoxy groups -OCH3 is 2. The van der Waals surface area contributed by atoms with Crippen molar-refractivity contribution in [3.8, 4) is 11.5 Å². The molecule has 0 spiro atoms. The van der Waals surface area contributed by atoms with Crippen LogP contribution in [0.4, 0.5) is 4.39 Å². The molecule has 3 nitrogen and oxygen atoms in total. The maximum absolute atomic E-state index is 13.9. The van der Waals surface area contributed by atoms with Crippen molar-refractivity contribution >= 4 is 15.9 Å². The third kappa shape index (κ3) is 2.65. The molecular weight excluding hydrogens is 277 g/mol. The molecule has 0 unspecified atom stereocenters. The molecule has 0 saturated carbocycles. The SMILES string of the molecule is CNCCc1cc(OC)c(OC)c(Br)c1F. The molecule has 0 aliphatic rings. The van der Waals surface area contributed by atoms with Gasteiger partial charge in [-0.05, 0) is 47.6 Å². The first-order valence-electron chi connectivity index (χ1n) is 4.89. The highest BCUT2D eigenvalue weighted by atomic mass is 79.9. The van der Waals surface area contributed by atoms with Crippen molar-refractivity contribution in [1.29, 1.82) is 0 Å². The fourth-order valence-corrected chi connectivity index (χ4v) is 2.03. The van der Waals surface area contributed by atoms with E-state index in [0.29, 0.717) is 34.5 Å². The Balaban J connectivity index is 3.16. The van der Waals surface area contributed by atoms with Crippen LogP contribution in [0.25, 0.3) is 0 Å². The van der Waals surface area contributed by atoms with Gasteiger partial charge in [-0.25, -0.2) is 4.39 Å². The van der Waals surface area contributed by atoms with Crippen LogP contribution in [-0.4, -0.2) is 27.8 Å². The molecule has 90 valence electrons. The Kier molecular flexibility index (Phi) is 5.02. The predicted molar refractivity (Wildman–Crippen MR) is 64.8 cm³/mol. The first-order chi connectivity index (χ1) is 7.65. The molecule has 0 saturated heterocycles. The number of likely N-dealkylation sites (N-methyl/N-ethyl adjacent to an activating group) is 1. The molecule has 0 amide bonds. The van der Waals surface area contributed by atoms with Crippen LogP contribution in [0, 0.1) is 5.82 Å². The van der Waals surface area contributed by atoms with Gasteiger partial charge in [-0.1, -0.05) is 0 Å². The van der Waals surface area contributed by atoms with Gasteiger partial charge in [-0.3, -0.25) is 0 Å². The standard InChI is InChI=1S/C11H15BrFNO2/c1-14-5-4-7-6-8(15-2)11(16-3)9(12)10(7)13/h6,14H,4-5H2,1-3H3. The normalized spacial score (nSPS) is 10.3. The van der Waals surface area contributed by atoms with Crippen molar-refractivity contribution in [3.63, 3.8) is 0 Å². The van der Waals surface area contributed by atoms with Gasteiger partial charge in [0.15, 0.2) is 11.5 Å². The van der Waals surface area contributed by atoms with Crippen LogP contribution in [0.15, 0.2) is 10.5 Å². The van der Waals surface area contributed by atoms with Crippen molar-refractivity contribution in [2.45, 2.75) is 6.42 Å². The third-order valence-electron chi connectivity index (χ3n) is 2.27. The topological polar surface area (TPSA) is 30.5 Å². The number of hydrogen-bond acceptors (Lipinski definition) is 3. The van der Waals surface area contributed by atoms with Gasteiger partial charge in [-0.15, -0.1) is 0 Å². The van der Waals surface area contributed by atoms with E-state index in [0.717, 1.165) is 0 Å². The number of nitrogens with one attached hydrogen (secondary N) is 1. The second-order valence-electron chi connectivity index (χ2n) is 3.25. The van der Waals surface area contributed by atoms with Crippen LogP contribution < -0.4 is 14.8 Å². The average molecular weight is 292 g/mol. The van der Waals surface area contributed by atoms with E-state index >= 15 is 0 Å². The lowest BCUT2D eigenvalue weighted by atomic mass is 10.1. The van der Waals surface area contributed by atoms with E-state index in [9.17, 15) is 4.39 Å². The van der Waals surface area contributed by atoms with Gasteiger partial charge < -0.3 is 14.8 Å². The molecule has 0 aliphatic carbocycles. The van der Waals surface area contributed by atoms with Crippen molar-refractivity contribution < 1.29 is 13.9 Å². The summed E-state index contributed by atoms with van der Waals surface area (Å²) < 4.78 is 24.4. The van der Waals surface area contributed by atoms with Crippen LogP contribution in [0.1, 0.15) is 5.56 Å². The summed E-state index contributed by atoms with van der Waals surface area (Å²) in [4.78, 5) is 0. The van der Waals surface area contributed by atoms with Crippen LogP contribution in [0.2, 0.25) is 0 Å². The molecule has 0 radical (unpaired) electrons. The van der Waals surface area contributed by atoms with E-state index in [-0.39, 0.29) is 5.82 Å². The lowest BCUT2D eigenvalue weighted by Gasteiger charge is -2.13.